The summed E-state index contributed by atoms with van der Waals surface area (Å²) in [6.07, 6.45) is 5.11. The normalized spacial score (nSPS) is 18.9. The molecular formula is C14H20N2. The Hall–Kier alpha value is -1.02. The average Bonchev–Trinajstić information content (AvgIpc) is 3.01. The lowest BCUT2D eigenvalue weighted by Crippen LogP contribution is -2.23. The zero-order valence-electron chi connectivity index (χ0n) is 9.78. The topological polar surface area (TPSA) is 29.3 Å². The van der Waals surface area contributed by atoms with Crippen LogP contribution in [0.4, 0.5) is 5.69 Å². The van der Waals surface area contributed by atoms with Gasteiger partial charge in [-0.15, -0.1) is 0 Å². The second-order valence-corrected chi connectivity index (χ2v) is 5.14. The number of hydrogen-bond acceptors (Lipinski definition) is 2. The number of hydrogen-bond donors (Lipinski definition) is 1. The van der Waals surface area contributed by atoms with E-state index in [-0.39, 0.29) is 0 Å². The van der Waals surface area contributed by atoms with Crippen LogP contribution < -0.4 is 10.6 Å². The van der Waals surface area contributed by atoms with Crippen molar-refractivity contribution in [2.24, 2.45) is 11.7 Å². The Morgan fingerprint density at radius 1 is 1.31 bits per heavy atom. The number of benzene rings is 1. The molecule has 0 aromatic heterocycles. The van der Waals surface area contributed by atoms with E-state index in [1.165, 1.54) is 49.2 Å². The van der Waals surface area contributed by atoms with Gasteiger partial charge in [-0.05, 0) is 55.3 Å². The highest BCUT2D eigenvalue weighted by Gasteiger charge is 2.27. The Kier molecular flexibility index (Phi) is 2.60. The highest BCUT2D eigenvalue weighted by Crippen LogP contribution is 2.35. The van der Waals surface area contributed by atoms with E-state index in [9.17, 15) is 0 Å². The van der Waals surface area contributed by atoms with Gasteiger partial charge in [-0.1, -0.05) is 12.1 Å². The lowest BCUT2D eigenvalue weighted by molar-refractivity contribution is 0.747. The molecule has 1 aliphatic carbocycles. The van der Waals surface area contributed by atoms with Crippen molar-refractivity contribution in [3.8, 4) is 0 Å². The summed E-state index contributed by atoms with van der Waals surface area (Å²) in [6.45, 7) is 3.25. The second-order valence-electron chi connectivity index (χ2n) is 5.14. The van der Waals surface area contributed by atoms with Gasteiger partial charge in [0.1, 0.15) is 0 Å². The largest absolute Gasteiger partial charge is 0.371 e. The lowest BCUT2D eigenvalue weighted by atomic mass is 10.1. The van der Waals surface area contributed by atoms with Crippen LogP contribution >= 0.6 is 0 Å². The van der Waals surface area contributed by atoms with E-state index >= 15 is 0 Å². The van der Waals surface area contributed by atoms with Gasteiger partial charge in [0.05, 0.1) is 0 Å². The Morgan fingerprint density at radius 2 is 2.19 bits per heavy atom. The van der Waals surface area contributed by atoms with E-state index in [1.54, 1.807) is 0 Å². The van der Waals surface area contributed by atoms with Crippen LogP contribution in [0, 0.1) is 5.92 Å². The smallest absolute Gasteiger partial charge is 0.0402 e. The third-order valence-electron chi connectivity index (χ3n) is 3.75. The maximum absolute atomic E-state index is 5.62. The van der Waals surface area contributed by atoms with Gasteiger partial charge < -0.3 is 10.6 Å². The summed E-state index contributed by atoms with van der Waals surface area (Å²) in [7, 11) is 0. The summed E-state index contributed by atoms with van der Waals surface area (Å²) < 4.78 is 0. The van der Waals surface area contributed by atoms with Crippen molar-refractivity contribution in [1.82, 2.24) is 0 Å². The predicted molar refractivity (Wildman–Crippen MR) is 67.8 cm³/mol. The van der Waals surface area contributed by atoms with Crippen LogP contribution in [0.25, 0.3) is 0 Å². The van der Waals surface area contributed by atoms with Crippen molar-refractivity contribution in [3.63, 3.8) is 0 Å². The van der Waals surface area contributed by atoms with Gasteiger partial charge in [0.2, 0.25) is 0 Å². The van der Waals surface area contributed by atoms with Crippen LogP contribution in [0.2, 0.25) is 0 Å². The minimum atomic E-state index is 0.751. The minimum absolute atomic E-state index is 0.751. The van der Waals surface area contributed by atoms with Crippen molar-refractivity contribution in [2.45, 2.75) is 25.7 Å². The number of nitrogens with two attached hydrogens (primary N) is 1. The second kappa shape index (κ2) is 4.10. The first-order valence-corrected chi connectivity index (χ1v) is 6.43. The third-order valence-corrected chi connectivity index (χ3v) is 3.75. The molecule has 1 aliphatic heterocycles. The van der Waals surface area contributed by atoms with Crippen LogP contribution in [-0.2, 0) is 12.8 Å². The molecule has 0 atom stereocenters. The van der Waals surface area contributed by atoms with Gasteiger partial charge >= 0.3 is 0 Å². The van der Waals surface area contributed by atoms with Crippen molar-refractivity contribution in [2.75, 3.05) is 24.5 Å². The summed E-state index contributed by atoms with van der Waals surface area (Å²) in [6, 6.07) is 6.90. The molecular weight excluding hydrogens is 196 g/mol. The summed E-state index contributed by atoms with van der Waals surface area (Å²) in [5, 5.41) is 0. The molecule has 1 aromatic rings. The Bertz CT molecular complexity index is 382. The Balaban J connectivity index is 1.81. The molecule has 0 spiro atoms. The molecule has 0 bridgehead atoms. The van der Waals surface area contributed by atoms with E-state index in [1.807, 2.05) is 0 Å². The van der Waals surface area contributed by atoms with E-state index in [2.05, 4.69) is 23.1 Å². The van der Waals surface area contributed by atoms with Gasteiger partial charge in [-0.3, -0.25) is 0 Å². The third kappa shape index (κ3) is 1.94. The predicted octanol–water partition coefficient (Wildman–Crippen LogP) is 1.96. The number of anilines is 1. The average molecular weight is 216 g/mol. The molecule has 1 fully saturated rings. The first kappa shape index (κ1) is 10.2. The van der Waals surface area contributed by atoms with Crippen LogP contribution in [0.1, 0.15) is 24.0 Å². The number of fused-ring (bicyclic) bond motifs is 1. The maximum Gasteiger partial charge on any atom is 0.0402 e. The summed E-state index contributed by atoms with van der Waals surface area (Å²) in [4.78, 5) is 2.58. The molecule has 1 saturated carbocycles. The molecule has 16 heavy (non-hydrogen) atoms. The van der Waals surface area contributed by atoms with Crippen LogP contribution in [0.5, 0.6) is 0 Å². The van der Waals surface area contributed by atoms with E-state index < -0.39 is 0 Å². The van der Waals surface area contributed by atoms with Gasteiger partial charge in [-0.2, -0.15) is 0 Å². The SMILES string of the molecule is NCCc1ccc2c(c1)N(CC1CC1)CC2. The first-order chi connectivity index (χ1) is 7.86. The van der Waals surface area contributed by atoms with Gasteiger partial charge in [0.15, 0.2) is 0 Å². The first-order valence-electron chi connectivity index (χ1n) is 6.43. The number of nitrogens with zero attached hydrogens (tertiary/aromatic N) is 1. The zero-order valence-corrected chi connectivity index (χ0v) is 9.78. The molecule has 2 nitrogen and oxygen atoms in total. The maximum atomic E-state index is 5.62. The molecule has 0 saturated heterocycles. The van der Waals surface area contributed by atoms with Crippen molar-refractivity contribution >= 4 is 5.69 Å². The Labute approximate surface area is 97.4 Å². The molecule has 0 amide bonds. The van der Waals surface area contributed by atoms with Crippen molar-refractivity contribution < 1.29 is 0 Å². The summed E-state index contributed by atoms with van der Waals surface area (Å²) in [5.74, 6) is 0.976. The van der Waals surface area contributed by atoms with Gasteiger partial charge in [0, 0.05) is 18.8 Å². The summed E-state index contributed by atoms with van der Waals surface area (Å²) in [5.41, 5.74) is 10.0. The van der Waals surface area contributed by atoms with Crippen molar-refractivity contribution in [3.05, 3.63) is 29.3 Å². The monoisotopic (exact) mass is 216 g/mol. The fourth-order valence-corrected chi connectivity index (χ4v) is 2.61. The van der Waals surface area contributed by atoms with Crippen molar-refractivity contribution in [1.29, 1.82) is 0 Å². The Morgan fingerprint density at radius 3 is 2.94 bits per heavy atom. The summed E-state index contributed by atoms with van der Waals surface area (Å²) >= 11 is 0. The molecule has 2 N–H and O–H groups in total. The van der Waals surface area contributed by atoms with Crippen LogP contribution in [0.15, 0.2) is 18.2 Å². The van der Waals surface area contributed by atoms with E-state index in [0.29, 0.717) is 0 Å². The van der Waals surface area contributed by atoms with Crippen LogP contribution in [0.3, 0.4) is 0 Å². The molecule has 2 aliphatic rings. The lowest BCUT2D eigenvalue weighted by Gasteiger charge is -2.19. The van der Waals surface area contributed by atoms with E-state index in [4.69, 9.17) is 5.73 Å². The molecule has 0 radical (unpaired) electrons. The highest BCUT2D eigenvalue weighted by atomic mass is 15.2. The minimum Gasteiger partial charge on any atom is -0.371 e. The highest BCUT2D eigenvalue weighted by molar-refractivity contribution is 5.59. The molecule has 0 unspecified atom stereocenters. The standard InChI is InChI=1S/C14H20N2/c15-7-5-11-3-4-13-6-8-16(14(13)9-11)10-12-1-2-12/h3-4,9,12H,1-2,5-8,10,15H2. The van der Waals surface area contributed by atoms with Crippen LogP contribution in [-0.4, -0.2) is 19.6 Å². The molecule has 86 valence electrons. The van der Waals surface area contributed by atoms with Gasteiger partial charge in [0.25, 0.3) is 0 Å². The molecule has 2 heteroatoms. The quantitative estimate of drug-likeness (QED) is 0.833. The molecule has 1 heterocycles. The fourth-order valence-electron chi connectivity index (χ4n) is 2.61. The zero-order chi connectivity index (χ0) is 11.0. The number of rotatable bonds is 4. The molecule has 3 rings (SSSR count). The van der Waals surface area contributed by atoms with E-state index in [0.717, 1.165) is 18.9 Å². The fraction of sp³-hybridized carbons (Fsp3) is 0.571. The van der Waals surface area contributed by atoms with Gasteiger partial charge in [-0.25, -0.2) is 0 Å². The molecule has 1 aromatic carbocycles.